The molecule has 1 unspecified atom stereocenters. The number of hydrogen-bond donors (Lipinski definition) is 1. The second-order valence-corrected chi connectivity index (χ2v) is 5.09. The van der Waals surface area contributed by atoms with E-state index in [9.17, 15) is 0 Å². The summed E-state index contributed by atoms with van der Waals surface area (Å²) in [6, 6.07) is 0.469. The van der Waals surface area contributed by atoms with Gasteiger partial charge < -0.3 is 10.6 Å². The minimum atomic E-state index is 0.469. The van der Waals surface area contributed by atoms with Crippen molar-refractivity contribution in [1.82, 2.24) is 4.90 Å². The number of rotatable bonds is 2. The van der Waals surface area contributed by atoms with Crippen LogP contribution in [0.2, 0.25) is 0 Å². The molecule has 2 rings (SSSR count). The predicted octanol–water partition coefficient (Wildman–Crippen LogP) is 1.63. The molecule has 0 radical (unpaired) electrons. The lowest BCUT2D eigenvalue weighted by Crippen LogP contribution is -2.28. The molecule has 0 aromatic carbocycles. The van der Waals surface area contributed by atoms with Gasteiger partial charge in [-0.05, 0) is 32.9 Å². The Morgan fingerprint density at radius 2 is 1.93 bits per heavy atom. The molecule has 1 atom stereocenters. The van der Waals surface area contributed by atoms with Crippen molar-refractivity contribution in [2.75, 3.05) is 20.1 Å². The van der Waals surface area contributed by atoms with Gasteiger partial charge in [0.25, 0.3) is 0 Å². The van der Waals surface area contributed by atoms with E-state index in [0.29, 0.717) is 12.0 Å². The van der Waals surface area contributed by atoms with Crippen LogP contribution in [0.5, 0.6) is 0 Å². The highest BCUT2D eigenvalue weighted by Crippen LogP contribution is 2.24. The molecular formula is C12H23N3. The summed E-state index contributed by atoms with van der Waals surface area (Å²) >= 11 is 0. The van der Waals surface area contributed by atoms with Crippen LogP contribution in [0.4, 0.5) is 0 Å². The Kier molecular flexibility index (Phi) is 3.62. The first-order valence-corrected chi connectivity index (χ1v) is 6.27. The molecule has 0 spiro atoms. The van der Waals surface area contributed by atoms with Crippen molar-refractivity contribution in [3.8, 4) is 0 Å². The first-order valence-electron chi connectivity index (χ1n) is 6.27. The summed E-state index contributed by atoms with van der Waals surface area (Å²) < 4.78 is 0. The normalized spacial score (nSPS) is 31.0. The predicted molar refractivity (Wildman–Crippen MR) is 64.1 cm³/mol. The van der Waals surface area contributed by atoms with E-state index >= 15 is 0 Å². The number of hydrogen-bond acceptors (Lipinski definition) is 2. The van der Waals surface area contributed by atoms with Crippen molar-refractivity contribution in [3.05, 3.63) is 0 Å². The van der Waals surface area contributed by atoms with Crippen LogP contribution in [-0.4, -0.2) is 36.9 Å². The van der Waals surface area contributed by atoms with Gasteiger partial charge in [-0.1, -0.05) is 19.3 Å². The van der Waals surface area contributed by atoms with E-state index < -0.39 is 0 Å². The monoisotopic (exact) mass is 209 g/mol. The van der Waals surface area contributed by atoms with Crippen LogP contribution in [0.25, 0.3) is 0 Å². The standard InChI is InChI=1S/C12H23N3/c1-15-8-7-11(9-15)14-12(13)10-5-3-2-4-6-10/h10-11H,2-9H2,1H3,(H2,13,14). The minimum absolute atomic E-state index is 0.469. The van der Waals surface area contributed by atoms with Gasteiger partial charge in [-0.3, -0.25) is 4.99 Å². The van der Waals surface area contributed by atoms with E-state index in [1.165, 1.54) is 45.1 Å². The summed E-state index contributed by atoms with van der Waals surface area (Å²) in [6.45, 7) is 2.26. The lowest BCUT2D eigenvalue weighted by Gasteiger charge is -2.21. The smallest absolute Gasteiger partial charge is 0.0972 e. The number of amidine groups is 1. The third-order valence-electron chi connectivity index (χ3n) is 3.72. The SMILES string of the molecule is CN1CCC(N=C(N)C2CCCCC2)C1. The highest BCUT2D eigenvalue weighted by molar-refractivity contribution is 5.83. The maximum Gasteiger partial charge on any atom is 0.0972 e. The summed E-state index contributed by atoms with van der Waals surface area (Å²) in [5, 5.41) is 0. The molecule has 1 saturated heterocycles. The molecule has 15 heavy (non-hydrogen) atoms. The van der Waals surface area contributed by atoms with E-state index in [2.05, 4.69) is 11.9 Å². The summed E-state index contributed by atoms with van der Waals surface area (Å²) in [4.78, 5) is 7.04. The molecule has 1 saturated carbocycles. The third-order valence-corrected chi connectivity index (χ3v) is 3.72. The summed E-state index contributed by atoms with van der Waals surface area (Å²) in [5.41, 5.74) is 6.11. The van der Waals surface area contributed by atoms with Crippen LogP contribution in [0.3, 0.4) is 0 Å². The minimum Gasteiger partial charge on any atom is -0.387 e. The second kappa shape index (κ2) is 4.97. The van der Waals surface area contributed by atoms with Crippen LogP contribution in [-0.2, 0) is 0 Å². The van der Waals surface area contributed by atoms with Crippen LogP contribution < -0.4 is 5.73 Å². The molecule has 86 valence electrons. The van der Waals surface area contributed by atoms with Gasteiger partial charge >= 0.3 is 0 Å². The van der Waals surface area contributed by atoms with E-state index in [1.54, 1.807) is 0 Å². The fraction of sp³-hybridized carbons (Fsp3) is 0.917. The van der Waals surface area contributed by atoms with Gasteiger partial charge in [0, 0.05) is 12.5 Å². The maximum atomic E-state index is 6.11. The molecule has 2 fully saturated rings. The average Bonchev–Trinajstić information content (AvgIpc) is 2.65. The first-order chi connectivity index (χ1) is 7.25. The molecular weight excluding hydrogens is 186 g/mol. The Morgan fingerprint density at radius 3 is 2.53 bits per heavy atom. The Labute approximate surface area is 92.7 Å². The first kappa shape index (κ1) is 10.9. The Balaban J connectivity index is 1.88. The van der Waals surface area contributed by atoms with Crippen molar-refractivity contribution >= 4 is 5.84 Å². The highest BCUT2D eigenvalue weighted by atomic mass is 15.1. The molecule has 3 nitrogen and oxygen atoms in total. The number of likely N-dealkylation sites (N-methyl/N-ethyl adjacent to an activating group) is 1. The lowest BCUT2D eigenvalue weighted by molar-refractivity contribution is 0.409. The molecule has 1 aliphatic heterocycles. The number of nitrogens with two attached hydrogens (primary N) is 1. The molecule has 0 bridgehead atoms. The molecule has 2 aliphatic rings. The van der Waals surface area contributed by atoms with Crippen molar-refractivity contribution < 1.29 is 0 Å². The van der Waals surface area contributed by atoms with E-state index in [-0.39, 0.29) is 0 Å². The molecule has 3 heteroatoms. The molecule has 0 aromatic heterocycles. The average molecular weight is 209 g/mol. The van der Waals surface area contributed by atoms with E-state index in [4.69, 9.17) is 10.7 Å². The van der Waals surface area contributed by atoms with Crippen molar-refractivity contribution in [2.24, 2.45) is 16.6 Å². The molecule has 1 heterocycles. The Morgan fingerprint density at radius 1 is 1.20 bits per heavy atom. The van der Waals surface area contributed by atoms with Gasteiger partial charge in [0.15, 0.2) is 0 Å². The lowest BCUT2D eigenvalue weighted by atomic mass is 9.88. The molecule has 1 aliphatic carbocycles. The van der Waals surface area contributed by atoms with Crippen LogP contribution in [0, 0.1) is 5.92 Å². The fourth-order valence-corrected chi connectivity index (χ4v) is 2.73. The Bertz CT molecular complexity index is 231. The molecule has 0 amide bonds. The topological polar surface area (TPSA) is 41.6 Å². The Hall–Kier alpha value is -0.570. The second-order valence-electron chi connectivity index (χ2n) is 5.09. The van der Waals surface area contributed by atoms with Gasteiger partial charge in [-0.25, -0.2) is 0 Å². The number of nitrogens with zero attached hydrogens (tertiary/aromatic N) is 2. The van der Waals surface area contributed by atoms with Crippen molar-refractivity contribution in [3.63, 3.8) is 0 Å². The van der Waals surface area contributed by atoms with Gasteiger partial charge in [0.1, 0.15) is 0 Å². The fourth-order valence-electron chi connectivity index (χ4n) is 2.73. The van der Waals surface area contributed by atoms with Crippen LogP contribution in [0.1, 0.15) is 38.5 Å². The van der Waals surface area contributed by atoms with Gasteiger partial charge in [0.05, 0.1) is 11.9 Å². The van der Waals surface area contributed by atoms with Crippen molar-refractivity contribution in [1.29, 1.82) is 0 Å². The highest BCUT2D eigenvalue weighted by Gasteiger charge is 2.22. The summed E-state index contributed by atoms with van der Waals surface area (Å²) in [7, 11) is 2.16. The zero-order valence-corrected chi connectivity index (χ0v) is 9.78. The van der Waals surface area contributed by atoms with Gasteiger partial charge in [-0.15, -0.1) is 0 Å². The van der Waals surface area contributed by atoms with E-state index in [1.807, 2.05) is 0 Å². The third kappa shape index (κ3) is 2.94. The quantitative estimate of drug-likeness (QED) is 0.555. The summed E-state index contributed by atoms with van der Waals surface area (Å²) in [6.07, 6.45) is 7.77. The van der Waals surface area contributed by atoms with E-state index in [0.717, 1.165) is 12.4 Å². The zero-order valence-electron chi connectivity index (χ0n) is 9.78. The summed E-state index contributed by atoms with van der Waals surface area (Å²) in [5.74, 6) is 1.53. The number of likely N-dealkylation sites (tertiary alicyclic amines) is 1. The largest absolute Gasteiger partial charge is 0.387 e. The van der Waals surface area contributed by atoms with Gasteiger partial charge in [-0.2, -0.15) is 0 Å². The molecule has 2 N–H and O–H groups in total. The number of aliphatic imine (C=N–C) groups is 1. The van der Waals surface area contributed by atoms with Crippen molar-refractivity contribution in [2.45, 2.75) is 44.6 Å². The zero-order chi connectivity index (χ0) is 10.7. The van der Waals surface area contributed by atoms with Crippen LogP contribution in [0.15, 0.2) is 4.99 Å². The van der Waals surface area contributed by atoms with Crippen LogP contribution >= 0.6 is 0 Å². The maximum absolute atomic E-state index is 6.11. The molecule has 0 aromatic rings. The van der Waals surface area contributed by atoms with Gasteiger partial charge in [0.2, 0.25) is 0 Å².